The Morgan fingerprint density at radius 2 is 1.80 bits per heavy atom. The monoisotopic (exact) mass is 418 g/mol. The van der Waals surface area contributed by atoms with E-state index in [0.29, 0.717) is 30.6 Å². The molecule has 3 fully saturated rings. The second-order valence-corrected chi connectivity index (χ2v) is 9.83. The van der Waals surface area contributed by atoms with Gasteiger partial charge in [0.1, 0.15) is 6.10 Å². The van der Waals surface area contributed by atoms with Crippen LogP contribution in [0.25, 0.3) is 0 Å². The molecular formula is C25H38O5. The molecule has 3 aliphatic rings. The van der Waals surface area contributed by atoms with E-state index in [1.54, 1.807) is 13.0 Å². The molecule has 0 bridgehead atoms. The molecule has 5 nitrogen and oxygen atoms in total. The van der Waals surface area contributed by atoms with Gasteiger partial charge in [-0.2, -0.15) is 0 Å². The topological polar surface area (TPSA) is 69.7 Å². The maximum Gasteiger partial charge on any atom is 0.309 e. The fraction of sp³-hybridized carbons (Fsp3) is 0.800. The Bertz CT molecular complexity index is 710. The molecule has 7 atom stereocenters. The minimum atomic E-state index is -0.219. The summed E-state index contributed by atoms with van der Waals surface area (Å²) in [4.78, 5) is 37.0. The highest BCUT2D eigenvalue weighted by Gasteiger charge is 2.58. The molecule has 0 N–H and O–H groups in total. The molecule has 0 saturated heterocycles. The van der Waals surface area contributed by atoms with Crippen LogP contribution >= 0.6 is 0 Å². The maximum atomic E-state index is 12.9. The van der Waals surface area contributed by atoms with Crippen molar-refractivity contribution in [2.24, 2.45) is 35.0 Å². The molecule has 0 radical (unpaired) electrons. The molecule has 3 aliphatic carbocycles. The van der Waals surface area contributed by atoms with Crippen molar-refractivity contribution in [2.75, 3.05) is 7.11 Å². The molecule has 0 spiro atoms. The van der Waals surface area contributed by atoms with Crippen LogP contribution in [0.2, 0.25) is 0 Å². The van der Waals surface area contributed by atoms with Crippen LogP contribution in [0.15, 0.2) is 11.6 Å². The first kappa shape index (κ1) is 23.0. The maximum absolute atomic E-state index is 12.9. The van der Waals surface area contributed by atoms with Gasteiger partial charge in [-0.1, -0.05) is 26.3 Å². The lowest BCUT2D eigenvalue weighted by Gasteiger charge is -2.56. The van der Waals surface area contributed by atoms with E-state index >= 15 is 0 Å². The normalized spacial score (nSPS) is 39.2. The van der Waals surface area contributed by atoms with Crippen LogP contribution in [0.1, 0.15) is 79.1 Å². The van der Waals surface area contributed by atoms with Gasteiger partial charge in [-0.3, -0.25) is 14.4 Å². The fourth-order valence-corrected chi connectivity index (χ4v) is 6.90. The van der Waals surface area contributed by atoms with Crippen LogP contribution in [0.5, 0.6) is 0 Å². The number of rotatable bonds is 6. The first-order valence-corrected chi connectivity index (χ1v) is 11.8. The predicted octanol–water partition coefficient (Wildman–Crippen LogP) is 4.88. The lowest BCUT2D eigenvalue weighted by molar-refractivity contribution is -0.160. The summed E-state index contributed by atoms with van der Waals surface area (Å²) in [5, 5.41) is 0. The summed E-state index contributed by atoms with van der Waals surface area (Å²) in [6.07, 6.45) is 8.48. The van der Waals surface area contributed by atoms with Crippen molar-refractivity contribution in [3.63, 3.8) is 0 Å². The molecule has 5 heteroatoms. The van der Waals surface area contributed by atoms with E-state index < -0.39 is 0 Å². The second kappa shape index (κ2) is 9.23. The molecule has 0 aliphatic heterocycles. The average molecular weight is 419 g/mol. The van der Waals surface area contributed by atoms with Gasteiger partial charge in [0.15, 0.2) is 5.78 Å². The SMILES string of the molecule is CCCC(=O)OC1CCC2C1CCC1C2C(C(=O)OC)C/C(=C/C(C)=O)C1(C)CC. The zero-order chi connectivity index (χ0) is 22.1. The van der Waals surface area contributed by atoms with Gasteiger partial charge in [0.05, 0.1) is 13.0 Å². The van der Waals surface area contributed by atoms with E-state index in [0.717, 1.165) is 44.1 Å². The zero-order valence-electron chi connectivity index (χ0n) is 19.2. The van der Waals surface area contributed by atoms with Gasteiger partial charge in [0, 0.05) is 6.42 Å². The smallest absolute Gasteiger partial charge is 0.309 e. The van der Waals surface area contributed by atoms with Crippen molar-refractivity contribution >= 4 is 17.7 Å². The minimum Gasteiger partial charge on any atom is -0.469 e. The molecule has 3 rings (SSSR count). The third-order valence-corrected chi connectivity index (χ3v) is 8.39. The summed E-state index contributed by atoms with van der Waals surface area (Å²) < 4.78 is 11.1. The van der Waals surface area contributed by atoms with E-state index in [1.807, 2.05) is 6.92 Å². The molecule has 0 aromatic rings. The first-order valence-electron chi connectivity index (χ1n) is 11.8. The molecule has 168 valence electrons. The van der Waals surface area contributed by atoms with Crippen LogP contribution in [0, 0.1) is 35.0 Å². The fourth-order valence-electron chi connectivity index (χ4n) is 6.90. The Labute approximate surface area is 181 Å². The van der Waals surface area contributed by atoms with Crippen molar-refractivity contribution < 1.29 is 23.9 Å². The minimum absolute atomic E-state index is 0.0182. The number of allylic oxidation sites excluding steroid dienone is 2. The highest BCUT2D eigenvalue weighted by Crippen LogP contribution is 2.62. The Hall–Kier alpha value is -1.65. The summed E-state index contributed by atoms with van der Waals surface area (Å²) in [6.45, 7) is 8.05. The predicted molar refractivity (Wildman–Crippen MR) is 115 cm³/mol. The lowest BCUT2D eigenvalue weighted by Crippen LogP contribution is -2.52. The quantitative estimate of drug-likeness (QED) is 0.454. The Balaban J connectivity index is 1.93. The highest BCUT2D eigenvalue weighted by molar-refractivity contribution is 5.88. The van der Waals surface area contributed by atoms with E-state index in [4.69, 9.17) is 9.47 Å². The molecular weight excluding hydrogens is 380 g/mol. The van der Waals surface area contributed by atoms with Crippen LogP contribution < -0.4 is 0 Å². The number of ketones is 1. The van der Waals surface area contributed by atoms with Crippen LogP contribution in [-0.2, 0) is 23.9 Å². The summed E-state index contributed by atoms with van der Waals surface area (Å²) >= 11 is 0. The molecule has 0 aromatic carbocycles. The van der Waals surface area contributed by atoms with Crippen molar-refractivity contribution in [3.8, 4) is 0 Å². The van der Waals surface area contributed by atoms with E-state index in [-0.39, 0.29) is 41.1 Å². The van der Waals surface area contributed by atoms with Gasteiger partial charge in [-0.15, -0.1) is 0 Å². The van der Waals surface area contributed by atoms with Crippen LogP contribution in [0.3, 0.4) is 0 Å². The van der Waals surface area contributed by atoms with Crippen molar-refractivity contribution in [2.45, 2.75) is 85.2 Å². The third kappa shape index (κ3) is 4.09. The third-order valence-electron chi connectivity index (χ3n) is 8.39. The van der Waals surface area contributed by atoms with Crippen LogP contribution in [-0.4, -0.2) is 30.9 Å². The average Bonchev–Trinajstić information content (AvgIpc) is 3.12. The number of methoxy groups -OCH3 is 1. The van der Waals surface area contributed by atoms with E-state index in [1.165, 1.54) is 7.11 Å². The van der Waals surface area contributed by atoms with Gasteiger partial charge in [-0.25, -0.2) is 0 Å². The Morgan fingerprint density at radius 3 is 2.40 bits per heavy atom. The molecule has 30 heavy (non-hydrogen) atoms. The number of hydrogen-bond acceptors (Lipinski definition) is 5. The summed E-state index contributed by atoms with van der Waals surface area (Å²) in [7, 11) is 1.46. The number of ether oxygens (including phenoxy) is 2. The lowest BCUT2D eigenvalue weighted by atomic mass is 9.48. The van der Waals surface area contributed by atoms with Gasteiger partial charge in [-0.05, 0) is 87.0 Å². The molecule has 0 amide bonds. The zero-order valence-corrected chi connectivity index (χ0v) is 19.2. The van der Waals surface area contributed by atoms with Crippen molar-refractivity contribution in [1.29, 1.82) is 0 Å². The van der Waals surface area contributed by atoms with Crippen LogP contribution in [0.4, 0.5) is 0 Å². The molecule has 0 aromatic heterocycles. The first-order chi connectivity index (χ1) is 14.3. The largest absolute Gasteiger partial charge is 0.469 e. The van der Waals surface area contributed by atoms with Gasteiger partial charge in [0.2, 0.25) is 0 Å². The standard InChI is InChI=1S/C25H38O5/c1-6-8-22(27)30-21-12-10-18-17(21)9-11-20-23(18)19(24(28)29-5)14-16(13-15(3)26)25(20,4)7-2/h13,17-21,23H,6-12,14H2,1-5H3/b16-13-. The number of hydrogen-bond donors (Lipinski definition) is 0. The summed E-state index contributed by atoms with van der Waals surface area (Å²) in [5.74, 6) is 0.841. The molecule has 3 saturated carbocycles. The Kier molecular flexibility index (Phi) is 7.09. The van der Waals surface area contributed by atoms with Crippen molar-refractivity contribution in [1.82, 2.24) is 0 Å². The summed E-state index contributed by atoms with van der Waals surface area (Å²) in [5.41, 5.74) is 1.03. The van der Waals surface area contributed by atoms with Gasteiger partial charge >= 0.3 is 11.9 Å². The van der Waals surface area contributed by atoms with Gasteiger partial charge < -0.3 is 9.47 Å². The number of fused-ring (bicyclic) bond motifs is 3. The number of carbonyl (C=O) groups is 3. The number of carbonyl (C=O) groups excluding carboxylic acids is 3. The number of esters is 2. The highest BCUT2D eigenvalue weighted by atomic mass is 16.5. The van der Waals surface area contributed by atoms with Crippen molar-refractivity contribution in [3.05, 3.63) is 11.6 Å². The summed E-state index contributed by atoms with van der Waals surface area (Å²) in [6, 6.07) is 0. The van der Waals surface area contributed by atoms with E-state index in [9.17, 15) is 14.4 Å². The Morgan fingerprint density at radius 1 is 1.10 bits per heavy atom. The second-order valence-electron chi connectivity index (χ2n) is 9.83. The van der Waals surface area contributed by atoms with Gasteiger partial charge in [0.25, 0.3) is 0 Å². The molecule has 7 unspecified atom stereocenters. The van der Waals surface area contributed by atoms with E-state index in [2.05, 4.69) is 13.8 Å². The molecule has 0 heterocycles.